The number of carbonyl (C=O) groups is 1. The predicted molar refractivity (Wildman–Crippen MR) is 75.9 cm³/mol. The Hall–Kier alpha value is -0.870. The summed E-state index contributed by atoms with van der Waals surface area (Å²) in [5, 5.41) is 0. The highest BCUT2D eigenvalue weighted by Crippen LogP contribution is 2.06. The van der Waals surface area contributed by atoms with Crippen molar-refractivity contribution in [1.82, 2.24) is 0 Å². The first kappa shape index (κ1) is 18.1. The Morgan fingerprint density at radius 1 is 1.00 bits per heavy atom. The Kier molecular flexibility index (Phi) is 12.9. The Bertz CT molecular complexity index is 232. The summed E-state index contributed by atoms with van der Waals surface area (Å²) < 4.78 is 15.7. The Labute approximate surface area is 117 Å². The molecule has 0 aromatic heterocycles. The van der Waals surface area contributed by atoms with Crippen LogP contribution in [0.15, 0.2) is 12.2 Å². The Morgan fingerprint density at radius 3 is 2.26 bits per heavy atom. The zero-order valence-corrected chi connectivity index (χ0v) is 12.5. The molecule has 4 heteroatoms. The van der Waals surface area contributed by atoms with Gasteiger partial charge in [-0.1, -0.05) is 12.5 Å². The van der Waals surface area contributed by atoms with Gasteiger partial charge in [-0.15, -0.1) is 0 Å². The fourth-order valence-electron chi connectivity index (χ4n) is 1.64. The number of carbonyl (C=O) groups excluding carboxylic acids is 1. The summed E-state index contributed by atoms with van der Waals surface area (Å²) in [4.78, 5) is 11.1. The first-order chi connectivity index (χ1) is 9.24. The molecule has 19 heavy (non-hydrogen) atoms. The van der Waals surface area contributed by atoms with Gasteiger partial charge in [-0.2, -0.15) is 0 Å². The third kappa shape index (κ3) is 11.9. The van der Waals surface area contributed by atoms with Gasteiger partial charge in [0, 0.05) is 19.6 Å². The van der Waals surface area contributed by atoms with Crippen LogP contribution in [-0.4, -0.2) is 32.1 Å². The molecular weight excluding hydrogens is 244 g/mol. The van der Waals surface area contributed by atoms with Crippen LogP contribution >= 0.6 is 0 Å². The predicted octanol–water partition coefficient (Wildman–Crippen LogP) is 3.46. The average Bonchev–Trinajstić information content (AvgIpc) is 2.38. The maximum absolute atomic E-state index is 11.1. The Morgan fingerprint density at radius 2 is 1.68 bits per heavy atom. The fraction of sp³-hybridized carbons (Fsp3) is 0.800. The number of hydrogen-bond acceptors (Lipinski definition) is 4. The van der Waals surface area contributed by atoms with E-state index in [0.717, 1.165) is 25.7 Å². The van der Waals surface area contributed by atoms with Crippen LogP contribution in [0.1, 0.15) is 52.9 Å². The van der Waals surface area contributed by atoms with Crippen molar-refractivity contribution in [1.29, 1.82) is 0 Å². The van der Waals surface area contributed by atoms with Crippen LogP contribution in [0.2, 0.25) is 0 Å². The molecule has 0 unspecified atom stereocenters. The first-order valence-electron chi connectivity index (χ1n) is 7.30. The molecule has 0 fully saturated rings. The molecule has 0 aliphatic rings. The van der Waals surface area contributed by atoms with Crippen molar-refractivity contribution in [3.05, 3.63) is 12.2 Å². The normalized spacial score (nSPS) is 11.4. The van der Waals surface area contributed by atoms with Gasteiger partial charge in [0.1, 0.15) is 0 Å². The third-order valence-corrected chi connectivity index (χ3v) is 2.51. The summed E-state index contributed by atoms with van der Waals surface area (Å²) in [6.45, 7) is 7.50. The van der Waals surface area contributed by atoms with E-state index in [4.69, 9.17) is 14.2 Å². The van der Waals surface area contributed by atoms with Crippen molar-refractivity contribution < 1.29 is 19.0 Å². The van der Waals surface area contributed by atoms with Gasteiger partial charge in [0.2, 0.25) is 0 Å². The summed E-state index contributed by atoms with van der Waals surface area (Å²) in [6.07, 6.45) is 8.33. The van der Waals surface area contributed by atoms with Crippen LogP contribution < -0.4 is 0 Å². The van der Waals surface area contributed by atoms with Crippen LogP contribution in [0.25, 0.3) is 0 Å². The molecule has 0 atom stereocenters. The van der Waals surface area contributed by atoms with Gasteiger partial charge in [0.05, 0.1) is 6.61 Å². The number of ether oxygens (including phenoxy) is 3. The molecule has 0 amide bonds. The quantitative estimate of drug-likeness (QED) is 0.236. The smallest absolute Gasteiger partial charge is 0.305 e. The van der Waals surface area contributed by atoms with E-state index in [2.05, 4.69) is 6.08 Å². The number of rotatable bonds is 12. The topological polar surface area (TPSA) is 44.8 Å². The fourth-order valence-corrected chi connectivity index (χ4v) is 1.64. The monoisotopic (exact) mass is 272 g/mol. The lowest BCUT2D eigenvalue weighted by molar-refractivity contribution is -0.143. The van der Waals surface area contributed by atoms with Gasteiger partial charge in [0.25, 0.3) is 0 Å². The van der Waals surface area contributed by atoms with Crippen molar-refractivity contribution in [2.45, 2.75) is 59.2 Å². The molecule has 0 aliphatic carbocycles. The second kappa shape index (κ2) is 13.6. The molecule has 0 aromatic carbocycles. The molecule has 0 rings (SSSR count). The van der Waals surface area contributed by atoms with Crippen molar-refractivity contribution in [3.63, 3.8) is 0 Å². The molecule has 0 saturated carbocycles. The highest BCUT2D eigenvalue weighted by Gasteiger charge is 2.02. The van der Waals surface area contributed by atoms with Crippen LogP contribution in [0, 0.1) is 0 Å². The van der Waals surface area contributed by atoms with E-state index in [-0.39, 0.29) is 12.3 Å². The van der Waals surface area contributed by atoms with E-state index in [1.165, 1.54) is 0 Å². The Balaban J connectivity index is 3.53. The van der Waals surface area contributed by atoms with E-state index in [9.17, 15) is 4.79 Å². The van der Waals surface area contributed by atoms with Gasteiger partial charge in [-0.05, 0) is 46.1 Å². The van der Waals surface area contributed by atoms with Gasteiger partial charge in [-0.25, -0.2) is 0 Å². The van der Waals surface area contributed by atoms with Crippen LogP contribution in [0.4, 0.5) is 0 Å². The second-order valence-electron chi connectivity index (χ2n) is 4.11. The first-order valence-corrected chi connectivity index (χ1v) is 7.30. The molecule has 4 nitrogen and oxygen atoms in total. The van der Waals surface area contributed by atoms with Crippen molar-refractivity contribution in [3.8, 4) is 0 Å². The molecule has 0 heterocycles. The highest BCUT2D eigenvalue weighted by molar-refractivity contribution is 5.69. The minimum atomic E-state index is -0.227. The van der Waals surface area contributed by atoms with Crippen LogP contribution in [-0.2, 0) is 19.0 Å². The number of allylic oxidation sites excluding steroid dienone is 1. The van der Waals surface area contributed by atoms with E-state index >= 15 is 0 Å². The zero-order chi connectivity index (χ0) is 14.3. The maximum atomic E-state index is 11.1. The van der Waals surface area contributed by atoms with E-state index in [1.54, 1.807) is 0 Å². The van der Waals surface area contributed by atoms with Gasteiger partial charge >= 0.3 is 5.97 Å². The van der Waals surface area contributed by atoms with E-state index in [1.807, 2.05) is 26.8 Å². The number of unbranched alkanes of at least 4 members (excludes halogenated alkanes) is 3. The molecule has 0 aliphatic heterocycles. The molecular formula is C15H28O4. The second-order valence-corrected chi connectivity index (χ2v) is 4.11. The van der Waals surface area contributed by atoms with Gasteiger partial charge < -0.3 is 14.2 Å². The minimum absolute atomic E-state index is 0.0919. The van der Waals surface area contributed by atoms with E-state index in [0.29, 0.717) is 26.2 Å². The lowest BCUT2D eigenvalue weighted by atomic mass is 10.1. The summed E-state index contributed by atoms with van der Waals surface area (Å²) in [5.41, 5.74) is 0. The summed E-state index contributed by atoms with van der Waals surface area (Å²) in [7, 11) is 0. The summed E-state index contributed by atoms with van der Waals surface area (Å²) in [5.74, 6) is -0.0919. The minimum Gasteiger partial charge on any atom is -0.466 e. The lowest BCUT2D eigenvalue weighted by Crippen LogP contribution is -2.14. The molecule has 0 aromatic rings. The zero-order valence-electron chi connectivity index (χ0n) is 12.5. The van der Waals surface area contributed by atoms with Crippen molar-refractivity contribution >= 4 is 5.97 Å². The molecule has 0 spiro atoms. The molecule has 112 valence electrons. The summed E-state index contributed by atoms with van der Waals surface area (Å²) in [6, 6.07) is 0. The largest absolute Gasteiger partial charge is 0.466 e. The third-order valence-electron chi connectivity index (χ3n) is 2.51. The number of hydrogen-bond donors (Lipinski definition) is 0. The van der Waals surface area contributed by atoms with E-state index < -0.39 is 0 Å². The maximum Gasteiger partial charge on any atom is 0.305 e. The van der Waals surface area contributed by atoms with Gasteiger partial charge in [-0.3, -0.25) is 4.79 Å². The van der Waals surface area contributed by atoms with Crippen LogP contribution in [0.3, 0.4) is 0 Å². The van der Waals surface area contributed by atoms with Gasteiger partial charge in [0.15, 0.2) is 6.29 Å². The standard InChI is InChI=1S/C15H28O4/c1-4-17-14(16)12-10-8-7-9-11-13-15(18-5-2)19-6-3/h11,13,15H,4-10,12H2,1-3H3/b13-11-. The van der Waals surface area contributed by atoms with Crippen molar-refractivity contribution in [2.24, 2.45) is 0 Å². The van der Waals surface area contributed by atoms with Crippen molar-refractivity contribution in [2.75, 3.05) is 19.8 Å². The number of esters is 1. The van der Waals surface area contributed by atoms with Crippen LogP contribution in [0.5, 0.6) is 0 Å². The SMILES string of the molecule is CCOC(=O)CCCCC/C=C\C(OCC)OCC. The molecule has 0 bridgehead atoms. The average molecular weight is 272 g/mol. The molecule has 0 saturated heterocycles. The highest BCUT2D eigenvalue weighted by atomic mass is 16.7. The molecule has 0 N–H and O–H groups in total. The summed E-state index contributed by atoms with van der Waals surface area (Å²) >= 11 is 0. The lowest BCUT2D eigenvalue weighted by Gasteiger charge is -2.12. The molecule has 0 radical (unpaired) electrons.